The van der Waals surface area contributed by atoms with Gasteiger partial charge < -0.3 is 14.6 Å². The summed E-state index contributed by atoms with van der Waals surface area (Å²) in [6, 6.07) is 9.78. The van der Waals surface area contributed by atoms with Gasteiger partial charge in [0.1, 0.15) is 0 Å². The van der Waals surface area contributed by atoms with Gasteiger partial charge in [-0.3, -0.25) is 4.79 Å². The lowest BCUT2D eigenvalue weighted by molar-refractivity contribution is -0.147. The van der Waals surface area contributed by atoms with Gasteiger partial charge in [-0.25, -0.2) is 0 Å². The Kier molecular flexibility index (Phi) is 5.47. The molecule has 0 radical (unpaired) electrons. The molecule has 4 nitrogen and oxygen atoms in total. The molecule has 4 heteroatoms. The second kappa shape index (κ2) is 7.34. The zero-order chi connectivity index (χ0) is 16.0. The molecule has 0 bridgehead atoms. The van der Waals surface area contributed by atoms with E-state index < -0.39 is 5.60 Å². The number of esters is 1. The van der Waals surface area contributed by atoms with Crippen molar-refractivity contribution in [2.75, 3.05) is 6.61 Å². The van der Waals surface area contributed by atoms with Crippen molar-refractivity contribution in [2.45, 2.75) is 51.6 Å². The van der Waals surface area contributed by atoms with Crippen molar-refractivity contribution in [3.63, 3.8) is 0 Å². The fourth-order valence-corrected chi connectivity index (χ4v) is 2.88. The van der Waals surface area contributed by atoms with E-state index in [9.17, 15) is 9.90 Å². The zero-order valence-electron chi connectivity index (χ0n) is 13.3. The van der Waals surface area contributed by atoms with Crippen LogP contribution in [0.1, 0.15) is 51.5 Å². The highest BCUT2D eigenvalue weighted by molar-refractivity contribution is 5.69. The maximum atomic E-state index is 11.7. The molecule has 2 rings (SSSR count). The number of ether oxygens (including phenoxy) is 2. The van der Waals surface area contributed by atoms with Gasteiger partial charge in [-0.2, -0.15) is 0 Å². The molecule has 1 aromatic rings. The quantitative estimate of drug-likeness (QED) is 0.731. The molecule has 0 amide bonds. The van der Waals surface area contributed by atoms with E-state index in [1.54, 1.807) is 6.92 Å². The molecule has 1 unspecified atom stereocenters. The van der Waals surface area contributed by atoms with Crippen molar-refractivity contribution in [3.8, 4) is 0 Å². The number of benzene rings is 1. The van der Waals surface area contributed by atoms with Gasteiger partial charge in [-0.15, -0.1) is 0 Å². The summed E-state index contributed by atoms with van der Waals surface area (Å²) < 4.78 is 10.7. The monoisotopic (exact) mass is 304 g/mol. The summed E-state index contributed by atoms with van der Waals surface area (Å²) in [6.07, 6.45) is 3.56. The van der Waals surface area contributed by atoms with Crippen LogP contribution in [0.25, 0.3) is 0 Å². The standard InChI is InChI=1S/C18H24O4/c1-3-5-11-15-17(20)22-18(15,13-12-16(19)21-4-2)14-9-7-6-8-10-14/h6-10,20H,3-5,11-13H2,1-2H3. The SMILES string of the molecule is CCCCC1=C(O)OC1(CCC(=O)OCC)c1ccccc1. The average molecular weight is 304 g/mol. The molecule has 120 valence electrons. The average Bonchev–Trinajstić information content (AvgIpc) is 2.52. The van der Waals surface area contributed by atoms with Crippen LogP contribution >= 0.6 is 0 Å². The Hall–Kier alpha value is -1.97. The Balaban J connectivity index is 2.22. The lowest BCUT2D eigenvalue weighted by Crippen LogP contribution is -2.41. The second-order valence-corrected chi connectivity index (χ2v) is 5.49. The lowest BCUT2D eigenvalue weighted by Gasteiger charge is -2.44. The number of aliphatic hydroxyl groups excluding tert-OH is 1. The van der Waals surface area contributed by atoms with Crippen LogP contribution in [0, 0.1) is 0 Å². The highest BCUT2D eigenvalue weighted by atomic mass is 16.6. The molecule has 0 aromatic heterocycles. The predicted octanol–water partition coefficient (Wildman–Crippen LogP) is 4.22. The normalized spacial score (nSPS) is 20.3. The van der Waals surface area contributed by atoms with Gasteiger partial charge in [0.05, 0.1) is 12.2 Å². The Bertz CT molecular complexity index is 535. The molecule has 22 heavy (non-hydrogen) atoms. The van der Waals surface area contributed by atoms with E-state index in [1.165, 1.54) is 0 Å². The lowest BCUT2D eigenvalue weighted by atomic mass is 9.77. The van der Waals surface area contributed by atoms with E-state index in [0.717, 1.165) is 30.4 Å². The van der Waals surface area contributed by atoms with E-state index in [0.29, 0.717) is 13.0 Å². The Morgan fingerprint density at radius 2 is 2.00 bits per heavy atom. The van der Waals surface area contributed by atoms with E-state index >= 15 is 0 Å². The van der Waals surface area contributed by atoms with Crippen molar-refractivity contribution < 1.29 is 19.4 Å². The van der Waals surface area contributed by atoms with Gasteiger partial charge in [-0.05, 0) is 19.8 Å². The second-order valence-electron chi connectivity index (χ2n) is 5.49. The summed E-state index contributed by atoms with van der Waals surface area (Å²) in [5, 5.41) is 9.94. The minimum atomic E-state index is -0.687. The molecule has 1 aliphatic rings. The van der Waals surface area contributed by atoms with Crippen LogP contribution in [0.2, 0.25) is 0 Å². The molecule has 1 aromatic carbocycles. The van der Waals surface area contributed by atoms with E-state index in [-0.39, 0.29) is 18.3 Å². The summed E-state index contributed by atoms with van der Waals surface area (Å²) in [6.45, 7) is 4.28. The maximum absolute atomic E-state index is 11.7. The van der Waals surface area contributed by atoms with Crippen LogP contribution in [0.3, 0.4) is 0 Å². The fourth-order valence-electron chi connectivity index (χ4n) is 2.88. The first-order chi connectivity index (χ1) is 10.6. The van der Waals surface area contributed by atoms with Gasteiger partial charge in [0.25, 0.3) is 5.95 Å². The zero-order valence-corrected chi connectivity index (χ0v) is 13.3. The minimum Gasteiger partial charge on any atom is -0.481 e. The third-order valence-corrected chi connectivity index (χ3v) is 4.02. The molecule has 0 saturated heterocycles. The van der Waals surface area contributed by atoms with Gasteiger partial charge in [0, 0.05) is 18.4 Å². The molecule has 0 spiro atoms. The molecular formula is C18H24O4. The molecule has 1 aliphatic heterocycles. The number of aliphatic hydroxyl groups is 1. The Morgan fingerprint density at radius 3 is 2.59 bits per heavy atom. The number of carbonyl (C=O) groups is 1. The highest BCUT2D eigenvalue weighted by Crippen LogP contribution is 2.50. The van der Waals surface area contributed by atoms with Crippen LogP contribution in [0.15, 0.2) is 41.9 Å². The summed E-state index contributed by atoms with van der Waals surface area (Å²) in [5.74, 6) is -0.219. The van der Waals surface area contributed by atoms with E-state index in [2.05, 4.69) is 6.92 Å². The third kappa shape index (κ3) is 3.26. The number of hydrogen-bond donors (Lipinski definition) is 1. The molecular weight excluding hydrogens is 280 g/mol. The molecule has 0 fully saturated rings. The Labute approximate surface area is 131 Å². The van der Waals surface area contributed by atoms with Crippen molar-refractivity contribution in [3.05, 3.63) is 47.4 Å². The summed E-state index contributed by atoms with van der Waals surface area (Å²) in [5.41, 5.74) is 1.18. The van der Waals surface area contributed by atoms with Gasteiger partial charge in [0.2, 0.25) is 0 Å². The van der Waals surface area contributed by atoms with Crippen LogP contribution in [0.4, 0.5) is 0 Å². The maximum Gasteiger partial charge on any atom is 0.305 e. The van der Waals surface area contributed by atoms with Crippen LogP contribution < -0.4 is 0 Å². The first kappa shape index (κ1) is 16.4. The van der Waals surface area contributed by atoms with E-state index in [1.807, 2.05) is 30.3 Å². The first-order valence-corrected chi connectivity index (χ1v) is 7.96. The number of hydrogen-bond acceptors (Lipinski definition) is 4. The molecule has 0 aliphatic carbocycles. The Morgan fingerprint density at radius 1 is 1.27 bits per heavy atom. The van der Waals surface area contributed by atoms with Crippen LogP contribution in [-0.4, -0.2) is 17.7 Å². The highest BCUT2D eigenvalue weighted by Gasteiger charge is 2.49. The summed E-state index contributed by atoms with van der Waals surface area (Å²) in [7, 11) is 0. The van der Waals surface area contributed by atoms with Crippen molar-refractivity contribution in [1.82, 2.24) is 0 Å². The van der Waals surface area contributed by atoms with Crippen LogP contribution in [0.5, 0.6) is 0 Å². The topological polar surface area (TPSA) is 55.8 Å². The van der Waals surface area contributed by atoms with Crippen molar-refractivity contribution in [1.29, 1.82) is 0 Å². The fraction of sp³-hybridized carbons (Fsp3) is 0.500. The molecule has 0 saturated carbocycles. The van der Waals surface area contributed by atoms with Crippen LogP contribution in [-0.2, 0) is 19.9 Å². The summed E-state index contributed by atoms with van der Waals surface area (Å²) >= 11 is 0. The smallest absolute Gasteiger partial charge is 0.305 e. The summed E-state index contributed by atoms with van der Waals surface area (Å²) in [4.78, 5) is 11.7. The van der Waals surface area contributed by atoms with Gasteiger partial charge >= 0.3 is 5.97 Å². The van der Waals surface area contributed by atoms with E-state index in [4.69, 9.17) is 9.47 Å². The first-order valence-electron chi connectivity index (χ1n) is 7.96. The number of rotatable bonds is 8. The largest absolute Gasteiger partial charge is 0.481 e. The number of unbranched alkanes of at least 4 members (excludes halogenated alkanes) is 1. The van der Waals surface area contributed by atoms with Crippen molar-refractivity contribution >= 4 is 5.97 Å². The molecule has 1 atom stereocenters. The van der Waals surface area contributed by atoms with Crippen molar-refractivity contribution in [2.24, 2.45) is 0 Å². The van der Waals surface area contributed by atoms with Gasteiger partial charge in [0.15, 0.2) is 5.60 Å². The third-order valence-electron chi connectivity index (χ3n) is 4.02. The number of carbonyl (C=O) groups excluding carboxylic acids is 1. The predicted molar refractivity (Wildman–Crippen MR) is 84.3 cm³/mol. The van der Waals surface area contributed by atoms with Gasteiger partial charge in [-0.1, -0.05) is 43.7 Å². The molecule has 1 N–H and O–H groups in total. The molecule has 1 heterocycles. The minimum absolute atomic E-state index is 0.0150.